The fraction of sp³-hybridized carbons (Fsp3) is 0.214. The van der Waals surface area contributed by atoms with Gasteiger partial charge in [-0.3, -0.25) is 9.59 Å². The lowest BCUT2D eigenvalue weighted by Gasteiger charge is -2.25. The molecule has 1 fully saturated rings. The molecule has 0 spiro atoms. The number of Topliss-reactive ketones (excluding diaryl/α,β-unsaturated/α-hetero) is 1. The predicted molar refractivity (Wildman–Crippen MR) is 130 cm³/mol. The van der Waals surface area contributed by atoms with Crippen LogP contribution in [0.2, 0.25) is 0 Å². The lowest BCUT2D eigenvalue weighted by molar-refractivity contribution is -0.140. The molecule has 0 radical (unpaired) electrons. The topological polar surface area (TPSA) is 76.1 Å². The smallest absolute Gasteiger partial charge is 0.295 e. The number of carbonyl (C=O) groups excluding carboxylic acids is 2. The summed E-state index contributed by atoms with van der Waals surface area (Å²) in [7, 11) is 1.55. The molecule has 0 aromatic heterocycles. The van der Waals surface area contributed by atoms with Gasteiger partial charge in [-0.2, -0.15) is 0 Å². The Bertz CT molecular complexity index is 1180. The zero-order valence-corrected chi connectivity index (χ0v) is 19.2. The highest BCUT2D eigenvalue weighted by Crippen LogP contribution is 2.40. The number of benzene rings is 3. The molecule has 1 amide bonds. The first-order chi connectivity index (χ1) is 16.5. The number of aliphatic hydroxyl groups excluding tert-OH is 1. The molecule has 4 rings (SSSR count). The maximum Gasteiger partial charge on any atom is 0.295 e. The van der Waals surface area contributed by atoms with Crippen molar-refractivity contribution < 1.29 is 24.2 Å². The van der Waals surface area contributed by atoms with Crippen LogP contribution in [0.5, 0.6) is 11.5 Å². The highest BCUT2D eigenvalue weighted by molar-refractivity contribution is 6.46. The molecule has 0 bridgehead atoms. The molecule has 1 N–H and O–H groups in total. The molecule has 1 unspecified atom stereocenters. The number of methoxy groups -OCH3 is 1. The number of rotatable bonds is 8. The SMILES string of the molecule is CCCOc1ccc(C2/C(=C(\O)c3ccc(OC)cc3)C(=O)C(=O)N2Cc2ccccc2)cc1. The first-order valence-electron chi connectivity index (χ1n) is 11.2. The molecule has 1 aliphatic heterocycles. The number of amides is 1. The number of hydrogen-bond acceptors (Lipinski definition) is 5. The van der Waals surface area contributed by atoms with Gasteiger partial charge in [0.2, 0.25) is 0 Å². The van der Waals surface area contributed by atoms with Gasteiger partial charge in [0.15, 0.2) is 0 Å². The standard InChI is InChI=1S/C28H27NO5/c1-3-17-34-23-15-9-20(10-16-23)25-24(26(30)21-11-13-22(33-2)14-12-21)27(31)28(32)29(25)18-19-7-5-4-6-8-19/h4-16,25,30H,3,17-18H2,1-2H3/b26-24+. The van der Waals surface area contributed by atoms with Crippen molar-refractivity contribution in [3.63, 3.8) is 0 Å². The molecule has 6 heteroatoms. The summed E-state index contributed by atoms with van der Waals surface area (Å²) >= 11 is 0. The second-order valence-corrected chi connectivity index (χ2v) is 8.06. The fourth-order valence-corrected chi connectivity index (χ4v) is 4.04. The number of carbonyl (C=O) groups is 2. The average Bonchev–Trinajstić information content (AvgIpc) is 3.13. The van der Waals surface area contributed by atoms with Crippen LogP contribution in [0, 0.1) is 0 Å². The summed E-state index contributed by atoms with van der Waals surface area (Å²) < 4.78 is 10.9. The van der Waals surface area contributed by atoms with Crippen molar-refractivity contribution in [1.29, 1.82) is 0 Å². The van der Waals surface area contributed by atoms with Gasteiger partial charge in [0.25, 0.3) is 11.7 Å². The first kappa shape index (κ1) is 23.1. The number of ketones is 1. The van der Waals surface area contributed by atoms with E-state index < -0.39 is 17.7 Å². The van der Waals surface area contributed by atoms with Crippen molar-refractivity contribution in [3.05, 3.63) is 101 Å². The molecule has 34 heavy (non-hydrogen) atoms. The first-order valence-corrected chi connectivity index (χ1v) is 11.2. The van der Waals surface area contributed by atoms with Crippen LogP contribution >= 0.6 is 0 Å². The van der Waals surface area contributed by atoms with Gasteiger partial charge in [0, 0.05) is 12.1 Å². The van der Waals surface area contributed by atoms with Gasteiger partial charge in [-0.05, 0) is 53.9 Å². The van der Waals surface area contributed by atoms with E-state index in [4.69, 9.17) is 9.47 Å². The Morgan fingerprint density at radius 1 is 0.912 bits per heavy atom. The highest BCUT2D eigenvalue weighted by atomic mass is 16.5. The number of hydrogen-bond donors (Lipinski definition) is 1. The van der Waals surface area contributed by atoms with Crippen molar-refractivity contribution in [1.82, 2.24) is 4.90 Å². The van der Waals surface area contributed by atoms with Gasteiger partial charge in [0.1, 0.15) is 17.3 Å². The molecule has 1 atom stereocenters. The Balaban J connectivity index is 1.79. The van der Waals surface area contributed by atoms with E-state index in [-0.39, 0.29) is 17.9 Å². The van der Waals surface area contributed by atoms with Crippen LogP contribution in [-0.2, 0) is 16.1 Å². The van der Waals surface area contributed by atoms with E-state index in [0.717, 1.165) is 12.0 Å². The third-order valence-corrected chi connectivity index (χ3v) is 5.77. The Morgan fingerprint density at radius 2 is 1.56 bits per heavy atom. The van der Waals surface area contributed by atoms with Gasteiger partial charge in [0.05, 0.1) is 25.3 Å². The number of aliphatic hydroxyl groups is 1. The summed E-state index contributed by atoms with van der Waals surface area (Å²) in [5.41, 5.74) is 2.11. The van der Waals surface area contributed by atoms with E-state index >= 15 is 0 Å². The summed E-state index contributed by atoms with van der Waals surface area (Å²) in [5.74, 6) is -0.232. The summed E-state index contributed by atoms with van der Waals surface area (Å²) in [5, 5.41) is 11.2. The van der Waals surface area contributed by atoms with Crippen molar-refractivity contribution in [2.24, 2.45) is 0 Å². The van der Waals surface area contributed by atoms with Crippen LogP contribution in [-0.4, -0.2) is 35.4 Å². The second-order valence-electron chi connectivity index (χ2n) is 8.06. The zero-order valence-electron chi connectivity index (χ0n) is 19.2. The van der Waals surface area contributed by atoms with E-state index in [1.54, 1.807) is 31.4 Å². The minimum absolute atomic E-state index is 0.0633. The second kappa shape index (κ2) is 10.3. The van der Waals surface area contributed by atoms with Crippen molar-refractivity contribution >= 4 is 17.4 Å². The average molecular weight is 458 g/mol. The van der Waals surface area contributed by atoms with Gasteiger partial charge in [-0.1, -0.05) is 49.4 Å². The van der Waals surface area contributed by atoms with E-state index in [0.29, 0.717) is 29.2 Å². The molecule has 174 valence electrons. The number of likely N-dealkylation sites (tertiary alicyclic amines) is 1. The lowest BCUT2D eigenvalue weighted by atomic mass is 9.95. The van der Waals surface area contributed by atoms with Gasteiger partial charge >= 0.3 is 0 Å². The summed E-state index contributed by atoms with van der Waals surface area (Å²) in [4.78, 5) is 27.8. The number of nitrogens with zero attached hydrogens (tertiary/aromatic N) is 1. The molecule has 0 saturated carbocycles. The summed E-state index contributed by atoms with van der Waals surface area (Å²) in [6.45, 7) is 2.87. The van der Waals surface area contributed by atoms with E-state index in [9.17, 15) is 14.7 Å². The third kappa shape index (κ3) is 4.66. The van der Waals surface area contributed by atoms with Crippen LogP contribution in [0.3, 0.4) is 0 Å². The lowest BCUT2D eigenvalue weighted by Crippen LogP contribution is -2.29. The Labute approximate surface area is 199 Å². The molecule has 6 nitrogen and oxygen atoms in total. The van der Waals surface area contributed by atoms with Crippen molar-refractivity contribution in [2.45, 2.75) is 25.9 Å². The fourth-order valence-electron chi connectivity index (χ4n) is 4.04. The Hall–Kier alpha value is -4.06. The Morgan fingerprint density at radius 3 is 2.18 bits per heavy atom. The third-order valence-electron chi connectivity index (χ3n) is 5.77. The summed E-state index contributed by atoms with van der Waals surface area (Å²) in [6.07, 6.45) is 0.890. The highest BCUT2D eigenvalue weighted by Gasteiger charge is 2.46. The monoisotopic (exact) mass is 457 g/mol. The van der Waals surface area contributed by atoms with Crippen LogP contribution in [0.25, 0.3) is 5.76 Å². The van der Waals surface area contributed by atoms with E-state index in [2.05, 4.69) is 0 Å². The molecular formula is C28H27NO5. The minimum atomic E-state index is -0.734. The molecule has 3 aromatic rings. The molecule has 1 heterocycles. The van der Waals surface area contributed by atoms with Crippen LogP contribution in [0.15, 0.2) is 84.4 Å². The van der Waals surface area contributed by atoms with Crippen LogP contribution in [0.4, 0.5) is 0 Å². The predicted octanol–water partition coefficient (Wildman–Crippen LogP) is 5.11. The number of ether oxygens (including phenoxy) is 2. The quantitative estimate of drug-likeness (QED) is 0.289. The molecule has 1 aliphatic rings. The van der Waals surface area contributed by atoms with Crippen molar-refractivity contribution in [2.75, 3.05) is 13.7 Å². The van der Waals surface area contributed by atoms with Crippen LogP contribution in [0.1, 0.15) is 36.1 Å². The Kier molecular flexibility index (Phi) is 6.97. The van der Waals surface area contributed by atoms with Crippen molar-refractivity contribution in [3.8, 4) is 11.5 Å². The summed E-state index contributed by atoms with van der Waals surface area (Å²) in [6, 6.07) is 22.8. The van der Waals surface area contributed by atoms with Gasteiger partial charge < -0.3 is 19.5 Å². The maximum absolute atomic E-state index is 13.2. The molecule has 1 saturated heterocycles. The maximum atomic E-state index is 13.2. The largest absolute Gasteiger partial charge is 0.507 e. The van der Waals surface area contributed by atoms with E-state index in [1.807, 2.05) is 61.5 Å². The molecule has 3 aromatic carbocycles. The van der Waals surface area contributed by atoms with E-state index in [1.165, 1.54) is 4.90 Å². The zero-order chi connectivity index (χ0) is 24.1. The molecular weight excluding hydrogens is 430 g/mol. The minimum Gasteiger partial charge on any atom is -0.507 e. The van der Waals surface area contributed by atoms with Gasteiger partial charge in [-0.15, -0.1) is 0 Å². The van der Waals surface area contributed by atoms with Gasteiger partial charge in [-0.25, -0.2) is 0 Å². The normalized spacial score (nSPS) is 17.1. The molecule has 0 aliphatic carbocycles. The van der Waals surface area contributed by atoms with Crippen LogP contribution < -0.4 is 9.47 Å².